The van der Waals surface area contributed by atoms with E-state index in [4.69, 9.17) is 17.3 Å². The Morgan fingerprint density at radius 1 is 1.58 bits per heavy atom. The van der Waals surface area contributed by atoms with Gasteiger partial charge in [0.05, 0.1) is 17.2 Å². The number of hydrogen-bond donors (Lipinski definition) is 1. The lowest BCUT2D eigenvalue weighted by molar-refractivity contribution is 0.370. The number of aromatic nitrogens is 2. The van der Waals surface area contributed by atoms with Crippen LogP contribution in [0.15, 0.2) is 0 Å². The van der Waals surface area contributed by atoms with Gasteiger partial charge in [0, 0.05) is 12.6 Å². The first-order valence-corrected chi connectivity index (χ1v) is 8.62. The minimum atomic E-state index is -2.87. The summed E-state index contributed by atoms with van der Waals surface area (Å²) in [4.78, 5) is 0. The topological polar surface area (TPSA) is 78.0 Å². The van der Waals surface area contributed by atoms with Crippen LogP contribution in [0.1, 0.15) is 17.7 Å². The van der Waals surface area contributed by atoms with Crippen molar-refractivity contribution in [2.24, 2.45) is 24.6 Å². The maximum atomic E-state index is 11.6. The van der Waals surface area contributed by atoms with Crippen LogP contribution < -0.4 is 5.73 Å². The van der Waals surface area contributed by atoms with Gasteiger partial charge in [-0.2, -0.15) is 5.10 Å². The Morgan fingerprint density at radius 3 is 2.68 bits per heavy atom. The molecule has 7 heteroatoms. The van der Waals surface area contributed by atoms with Crippen LogP contribution in [-0.2, 0) is 23.3 Å². The van der Waals surface area contributed by atoms with Crippen molar-refractivity contribution in [3.05, 3.63) is 16.4 Å². The highest BCUT2D eigenvalue weighted by atomic mass is 35.5. The summed E-state index contributed by atoms with van der Waals surface area (Å²) < 4.78 is 24.8. The molecule has 2 rings (SSSR count). The highest BCUT2D eigenvalue weighted by molar-refractivity contribution is 7.91. The standard InChI is InChI=1S/C12H20ClN3O2S/c1-8-11(12(13)16(2)15-8)5-10(6-14)9-3-4-19(17,18)7-9/h9-10H,3-7,14H2,1-2H3. The molecule has 2 unspecified atom stereocenters. The van der Waals surface area contributed by atoms with Crippen LogP contribution in [0.5, 0.6) is 0 Å². The molecule has 0 radical (unpaired) electrons. The lowest BCUT2D eigenvalue weighted by Gasteiger charge is -2.20. The van der Waals surface area contributed by atoms with Gasteiger partial charge in [0.15, 0.2) is 9.84 Å². The van der Waals surface area contributed by atoms with Crippen molar-refractivity contribution in [2.45, 2.75) is 19.8 Å². The molecule has 1 fully saturated rings. The highest BCUT2D eigenvalue weighted by Gasteiger charge is 2.33. The van der Waals surface area contributed by atoms with E-state index in [-0.39, 0.29) is 23.3 Å². The molecule has 0 aromatic carbocycles. The largest absolute Gasteiger partial charge is 0.330 e. The summed E-state index contributed by atoms with van der Waals surface area (Å²) in [7, 11) is -1.07. The summed E-state index contributed by atoms with van der Waals surface area (Å²) in [6.07, 6.45) is 1.41. The lowest BCUT2D eigenvalue weighted by atomic mass is 9.86. The van der Waals surface area contributed by atoms with E-state index in [1.165, 1.54) is 0 Å². The van der Waals surface area contributed by atoms with Gasteiger partial charge >= 0.3 is 0 Å². The molecule has 0 aliphatic carbocycles. The molecule has 1 saturated heterocycles. The smallest absolute Gasteiger partial charge is 0.150 e. The van der Waals surface area contributed by atoms with Crippen molar-refractivity contribution < 1.29 is 8.42 Å². The predicted molar refractivity (Wildman–Crippen MR) is 76.0 cm³/mol. The predicted octanol–water partition coefficient (Wildman–Crippen LogP) is 0.934. The van der Waals surface area contributed by atoms with Crippen molar-refractivity contribution >= 4 is 21.4 Å². The zero-order valence-electron chi connectivity index (χ0n) is 11.3. The number of nitrogens with two attached hydrogens (primary N) is 1. The molecule has 1 aliphatic rings. The van der Waals surface area contributed by atoms with Crippen LogP contribution >= 0.6 is 11.6 Å². The fourth-order valence-corrected chi connectivity index (χ4v) is 4.98. The first-order chi connectivity index (χ1) is 8.84. The van der Waals surface area contributed by atoms with E-state index >= 15 is 0 Å². The molecule has 5 nitrogen and oxygen atoms in total. The van der Waals surface area contributed by atoms with Crippen molar-refractivity contribution in [3.63, 3.8) is 0 Å². The Bertz CT molecular complexity index is 568. The molecule has 0 bridgehead atoms. The first-order valence-electron chi connectivity index (χ1n) is 6.42. The van der Waals surface area contributed by atoms with Crippen molar-refractivity contribution in [1.82, 2.24) is 9.78 Å². The van der Waals surface area contributed by atoms with Gasteiger partial charge in [-0.3, -0.25) is 4.68 Å². The molecule has 1 aliphatic heterocycles. The molecule has 19 heavy (non-hydrogen) atoms. The van der Waals surface area contributed by atoms with Crippen LogP contribution in [0.25, 0.3) is 0 Å². The maximum absolute atomic E-state index is 11.6. The average Bonchev–Trinajstić information content (AvgIpc) is 2.79. The highest BCUT2D eigenvalue weighted by Crippen LogP contribution is 2.30. The third-order valence-corrected chi connectivity index (χ3v) is 6.24. The first kappa shape index (κ1) is 14.8. The van der Waals surface area contributed by atoms with Gasteiger partial charge in [-0.15, -0.1) is 0 Å². The van der Waals surface area contributed by atoms with Gasteiger partial charge in [-0.05, 0) is 38.1 Å². The number of rotatable bonds is 4. The second-order valence-corrected chi connectivity index (χ2v) is 7.93. The van der Waals surface area contributed by atoms with Gasteiger partial charge in [0.25, 0.3) is 0 Å². The minimum Gasteiger partial charge on any atom is -0.330 e. The Balaban J connectivity index is 2.16. The second-order valence-electron chi connectivity index (χ2n) is 5.34. The summed E-state index contributed by atoms with van der Waals surface area (Å²) in [6, 6.07) is 0. The Morgan fingerprint density at radius 2 is 2.26 bits per heavy atom. The second kappa shape index (κ2) is 5.42. The quantitative estimate of drug-likeness (QED) is 0.898. The Kier molecular flexibility index (Phi) is 4.23. The van der Waals surface area contributed by atoms with Crippen LogP contribution in [0, 0.1) is 18.8 Å². The van der Waals surface area contributed by atoms with Gasteiger partial charge in [0.1, 0.15) is 5.15 Å². The molecule has 1 aromatic rings. The number of aryl methyl sites for hydroxylation is 2. The average molecular weight is 306 g/mol. The summed E-state index contributed by atoms with van der Waals surface area (Å²) in [6.45, 7) is 2.39. The van der Waals surface area contributed by atoms with Crippen molar-refractivity contribution in [2.75, 3.05) is 18.1 Å². The zero-order chi connectivity index (χ0) is 14.2. The summed E-state index contributed by atoms with van der Waals surface area (Å²) in [5, 5.41) is 4.90. The normalized spacial score (nSPS) is 23.7. The van der Waals surface area contributed by atoms with Crippen LogP contribution in [0.4, 0.5) is 0 Å². The summed E-state index contributed by atoms with van der Waals surface area (Å²) in [5.41, 5.74) is 7.72. The monoisotopic (exact) mass is 305 g/mol. The molecule has 2 N–H and O–H groups in total. The Hall–Kier alpha value is -0.590. The number of nitrogens with zero attached hydrogens (tertiary/aromatic N) is 2. The van der Waals surface area contributed by atoms with Crippen LogP contribution in [0.3, 0.4) is 0 Å². The fraction of sp³-hybridized carbons (Fsp3) is 0.750. The van der Waals surface area contributed by atoms with Crippen LogP contribution in [0.2, 0.25) is 5.15 Å². The number of sulfone groups is 1. The van der Waals surface area contributed by atoms with E-state index in [1.54, 1.807) is 11.7 Å². The van der Waals surface area contributed by atoms with E-state index in [0.29, 0.717) is 24.5 Å². The van der Waals surface area contributed by atoms with E-state index in [9.17, 15) is 8.42 Å². The molecule has 1 aromatic heterocycles. The van der Waals surface area contributed by atoms with Gasteiger partial charge < -0.3 is 5.73 Å². The molecule has 0 spiro atoms. The van der Waals surface area contributed by atoms with Gasteiger partial charge in [-0.25, -0.2) is 8.42 Å². The van der Waals surface area contributed by atoms with Gasteiger partial charge in [0.2, 0.25) is 0 Å². The number of hydrogen-bond acceptors (Lipinski definition) is 4. The maximum Gasteiger partial charge on any atom is 0.150 e. The third-order valence-electron chi connectivity index (χ3n) is 3.97. The van der Waals surface area contributed by atoms with E-state index in [0.717, 1.165) is 11.3 Å². The lowest BCUT2D eigenvalue weighted by Crippen LogP contribution is -2.26. The summed E-state index contributed by atoms with van der Waals surface area (Å²) >= 11 is 6.22. The Labute approximate surface area is 119 Å². The molecule has 108 valence electrons. The fourth-order valence-electron chi connectivity index (χ4n) is 2.81. The van der Waals surface area contributed by atoms with E-state index in [1.807, 2.05) is 6.92 Å². The molecular weight excluding hydrogens is 286 g/mol. The molecule has 2 atom stereocenters. The zero-order valence-corrected chi connectivity index (χ0v) is 12.8. The van der Waals surface area contributed by atoms with E-state index in [2.05, 4.69) is 5.10 Å². The molecule has 0 amide bonds. The molecule has 0 saturated carbocycles. The number of halogens is 1. The third kappa shape index (κ3) is 3.12. The van der Waals surface area contributed by atoms with Crippen LogP contribution in [-0.4, -0.2) is 36.2 Å². The summed E-state index contributed by atoms with van der Waals surface area (Å²) in [5.74, 6) is 0.836. The van der Waals surface area contributed by atoms with Crippen molar-refractivity contribution in [3.8, 4) is 0 Å². The molecular formula is C12H20ClN3O2S. The SMILES string of the molecule is Cc1nn(C)c(Cl)c1CC(CN)C1CCS(=O)(=O)C1. The van der Waals surface area contributed by atoms with Gasteiger partial charge in [-0.1, -0.05) is 11.6 Å². The minimum absolute atomic E-state index is 0.144. The molecule has 2 heterocycles. The van der Waals surface area contributed by atoms with E-state index < -0.39 is 9.84 Å². The van der Waals surface area contributed by atoms with Crippen molar-refractivity contribution in [1.29, 1.82) is 0 Å².